The molecule has 0 amide bonds. The molecule has 8 nitrogen and oxygen atoms in total. The molecule has 36 heavy (non-hydrogen) atoms. The van der Waals surface area contributed by atoms with E-state index in [9.17, 15) is 4.79 Å². The molecule has 4 heterocycles. The Morgan fingerprint density at radius 1 is 1.22 bits per heavy atom. The molecule has 0 N–H and O–H groups in total. The van der Waals surface area contributed by atoms with Crippen LogP contribution < -0.4 is 0 Å². The second-order valence-corrected chi connectivity index (χ2v) is 9.36. The van der Waals surface area contributed by atoms with Gasteiger partial charge in [0.25, 0.3) is 0 Å². The van der Waals surface area contributed by atoms with Gasteiger partial charge in [-0.05, 0) is 59.0 Å². The lowest BCUT2D eigenvalue weighted by Crippen LogP contribution is -2.29. The van der Waals surface area contributed by atoms with Gasteiger partial charge in [-0.15, -0.1) is 12.8 Å². The molecule has 3 aromatic rings. The van der Waals surface area contributed by atoms with E-state index in [1.165, 1.54) is 12.8 Å². The van der Waals surface area contributed by atoms with Crippen LogP contribution in [0.3, 0.4) is 0 Å². The first-order valence-corrected chi connectivity index (χ1v) is 13.3. The highest BCUT2D eigenvalue weighted by Crippen LogP contribution is 2.38. The maximum Gasteiger partial charge on any atom is 0.184 e. The Hall–Kier alpha value is -3.05. The average Bonchev–Trinajstić information content (AvgIpc) is 3.62. The molecule has 0 saturated carbocycles. The Kier molecular flexibility index (Phi) is 9.77. The zero-order valence-corrected chi connectivity index (χ0v) is 22.5. The van der Waals surface area contributed by atoms with Gasteiger partial charge in [-0.25, -0.2) is 14.6 Å². The number of hydrogen-bond acceptors (Lipinski definition) is 7. The van der Waals surface area contributed by atoms with Crippen molar-refractivity contribution in [3.8, 4) is 24.4 Å². The summed E-state index contributed by atoms with van der Waals surface area (Å²) in [6.07, 6.45) is 17.4. The lowest BCUT2D eigenvalue weighted by Gasteiger charge is -2.19. The van der Waals surface area contributed by atoms with Crippen molar-refractivity contribution in [1.29, 1.82) is 0 Å². The first-order valence-electron chi connectivity index (χ1n) is 13.3. The van der Waals surface area contributed by atoms with Gasteiger partial charge in [0.15, 0.2) is 22.9 Å². The fourth-order valence-corrected chi connectivity index (χ4v) is 5.22. The molecule has 1 aliphatic heterocycles. The minimum absolute atomic E-state index is 0.180. The molecule has 8 heteroatoms. The number of rotatable bonds is 7. The second-order valence-electron chi connectivity index (χ2n) is 9.36. The van der Waals surface area contributed by atoms with Crippen LogP contribution in [0, 0.1) is 19.8 Å². The van der Waals surface area contributed by atoms with Gasteiger partial charge in [0.05, 0.1) is 23.5 Å². The van der Waals surface area contributed by atoms with Gasteiger partial charge in [-0.3, -0.25) is 4.79 Å². The normalized spacial score (nSPS) is 19.2. The van der Waals surface area contributed by atoms with Crippen molar-refractivity contribution >= 4 is 16.8 Å². The quantitative estimate of drug-likeness (QED) is 0.411. The van der Waals surface area contributed by atoms with Crippen molar-refractivity contribution in [3.63, 3.8) is 0 Å². The summed E-state index contributed by atoms with van der Waals surface area (Å²) in [6, 6.07) is 0.477. The van der Waals surface area contributed by atoms with E-state index in [0.717, 1.165) is 73.2 Å². The fraction of sp³-hybridized carbons (Fsp3) is 0.607. The summed E-state index contributed by atoms with van der Waals surface area (Å²) in [5, 5.41) is 10.1. The minimum Gasteiger partial charge on any atom is -0.360 e. The van der Waals surface area contributed by atoms with Crippen molar-refractivity contribution in [2.24, 2.45) is 0 Å². The summed E-state index contributed by atoms with van der Waals surface area (Å²) in [5.41, 5.74) is 3.47. The molecule has 0 spiro atoms. The number of unbranched alkanes of at least 4 members (excludes halogenated alkanes) is 1. The molecule has 2 atom stereocenters. The highest BCUT2D eigenvalue weighted by molar-refractivity contribution is 5.86. The topological polar surface area (TPSA) is 89.9 Å². The molecule has 0 aromatic carbocycles. The highest BCUT2D eigenvalue weighted by atomic mass is 16.5. The predicted octanol–water partition coefficient (Wildman–Crippen LogP) is 5.34. The fourth-order valence-electron chi connectivity index (χ4n) is 5.22. The molecule has 0 bridgehead atoms. The van der Waals surface area contributed by atoms with Crippen molar-refractivity contribution in [3.05, 3.63) is 23.2 Å². The second kappa shape index (κ2) is 12.8. The van der Waals surface area contributed by atoms with Gasteiger partial charge in [-0.2, -0.15) is 5.10 Å². The third-order valence-corrected chi connectivity index (χ3v) is 7.16. The monoisotopic (exact) mass is 492 g/mol. The van der Waals surface area contributed by atoms with Crippen molar-refractivity contribution in [1.82, 2.24) is 29.8 Å². The number of likely N-dealkylation sites (N-methyl/N-ethyl adjacent to an activating group) is 1. The SMILES string of the molecule is C#C.CC.CCCCC(=O)[C@H]1CCCc2c(-c3ncc4c(C)nn(C[C@@H]5CCCN5C)c4n3)noc21. The summed E-state index contributed by atoms with van der Waals surface area (Å²) in [6.45, 7) is 10.1. The van der Waals surface area contributed by atoms with Crippen molar-refractivity contribution in [2.75, 3.05) is 13.6 Å². The number of aryl methyl sites for hydroxylation is 1. The number of hydrogen-bond donors (Lipinski definition) is 0. The molecule has 3 aromatic heterocycles. The molecule has 2 aliphatic rings. The van der Waals surface area contributed by atoms with Gasteiger partial charge in [0, 0.05) is 24.2 Å². The third kappa shape index (κ3) is 5.52. The van der Waals surface area contributed by atoms with Gasteiger partial charge in [-0.1, -0.05) is 32.3 Å². The van der Waals surface area contributed by atoms with E-state index in [0.29, 0.717) is 24.0 Å². The molecule has 1 aliphatic carbocycles. The number of nitrogens with zero attached hydrogens (tertiary/aromatic N) is 6. The molecule has 194 valence electrons. The standard InChI is InChI=1S/C24H32N6O2.C2H6.C2H2/c1-4-5-11-20(31)17-9-6-10-18-21(28-32-22(17)18)23-25-13-19-15(2)27-30(24(19)26-23)14-16-8-7-12-29(16)3;2*1-2/h13,16-17H,4-12,14H2,1-3H3;1-2H3;1-2H/t16-,17+;;/m0../s1. The molecular weight excluding hydrogens is 452 g/mol. The Bertz CT molecular complexity index is 1180. The van der Waals surface area contributed by atoms with Crippen LogP contribution in [-0.2, 0) is 17.8 Å². The first kappa shape index (κ1) is 27.5. The molecule has 1 saturated heterocycles. The van der Waals surface area contributed by atoms with Crippen LogP contribution in [0.5, 0.6) is 0 Å². The first-order chi connectivity index (χ1) is 17.6. The van der Waals surface area contributed by atoms with Gasteiger partial charge in [0.1, 0.15) is 5.78 Å². The Balaban J connectivity index is 0.000000861. The lowest BCUT2D eigenvalue weighted by molar-refractivity contribution is -0.121. The maximum atomic E-state index is 12.7. The summed E-state index contributed by atoms with van der Waals surface area (Å²) in [7, 11) is 2.18. The van der Waals surface area contributed by atoms with Crippen LogP contribution in [0.15, 0.2) is 10.7 Å². The van der Waals surface area contributed by atoms with Crippen LogP contribution in [-0.4, -0.2) is 55.2 Å². The number of ketones is 1. The van der Waals surface area contributed by atoms with Crippen LogP contribution in [0.25, 0.3) is 22.6 Å². The van der Waals surface area contributed by atoms with E-state index >= 15 is 0 Å². The van der Waals surface area contributed by atoms with E-state index in [2.05, 4.69) is 41.9 Å². The van der Waals surface area contributed by atoms with Crippen LogP contribution in [0.1, 0.15) is 88.7 Å². The predicted molar refractivity (Wildman–Crippen MR) is 143 cm³/mol. The van der Waals surface area contributed by atoms with Crippen LogP contribution >= 0.6 is 0 Å². The highest BCUT2D eigenvalue weighted by Gasteiger charge is 2.33. The Labute approximate surface area is 214 Å². The third-order valence-electron chi connectivity index (χ3n) is 7.16. The van der Waals surface area contributed by atoms with Crippen LogP contribution in [0.2, 0.25) is 0 Å². The van der Waals surface area contributed by atoms with E-state index in [-0.39, 0.29) is 11.7 Å². The summed E-state index contributed by atoms with van der Waals surface area (Å²) >= 11 is 0. The molecule has 1 fully saturated rings. The Morgan fingerprint density at radius 3 is 2.69 bits per heavy atom. The molecule has 0 radical (unpaired) electrons. The molecular formula is C28H40N6O2. The summed E-state index contributed by atoms with van der Waals surface area (Å²) in [5.74, 6) is 1.38. The van der Waals surface area contributed by atoms with E-state index in [1.54, 1.807) is 0 Å². The number of carbonyl (C=O) groups is 1. The summed E-state index contributed by atoms with van der Waals surface area (Å²) in [4.78, 5) is 24.7. The number of carbonyl (C=O) groups excluding carboxylic acids is 1. The zero-order valence-electron chi connectivity index (χ0n) is 22.5. The molecule has 0 unspecified atom stereocenters. The zero-order chi connectivity index (χ0) is 26.2. The van der Waals surface area contributed by atoms with E-state index in [4.69, 9.17) is 14.6 Å². The van der Waals surface area contributed by atoms with Gasteiger partial charge in [0.2, 0.25) is 0 Å². The van der Waals surface area contributed by atoms with Crippen LogP contribution in [0.4, 0.5) is 0 Å². The number of aromatic nitrogens is 5. The number of likely N-dealkylation sites (tertiary alicyclic amines) is 1. The number of fused-ring (bicyclic) bond motifs is 2. The van der Waals surface area contributed by atoms with Gasteiger partial charge >= 0.3 is 0 Å². The minimum atomic E-state index is -0.180. The smallest absolute Gasteiger partial charge is 0.184 e. The van der Waals surface area contributed by atoms with Crippen molar-refractivity contribution < 1.29 is 9.32 Å². The lowest BCUT2D eigenvalue weighted by atomic mass is 9.83. The number of Topliss-reactive ketones (excluding diaryl/α,β-unsaturated/α-hetero) is 1. The maximum absolute atomic E-state index is 12.7. The van der Waals surface area contributed by atoms with E-state index in [1.807, 2.05) is 31.6 Å². The van der Waals surface area contributed by atoms with Gasteiger partial charge < -0.3 is 9.42 Å². The molecule has 5 rings (SSSR count). The summed E-state index contributed by atoms with van der Waals surface area (Å²) < 4.78 is 7.76. The largest absolute Gasteiger partial charge is 0.360 e. The average molecular weight is 493 g/mol. The number of terminal acetylenes is 1. The Morgan fingerprint density at radius 2 is 2.00 bits per heavy atom. The van der Waals surface area contributed by atoms with E-state index < -0.39 is 0 Å². The van der Waals surface area contributed by atoms with Crippen molar-refractivity contribution in [2.45, 2.75) is 97.6 Å².